The first-order valence-corrected chi connectivity index (χ1v) is 9.60. The van der Waals surface area contributed by atoms with Gasteiger partial charge in [0.25, 0.3) is 0 Å². The fraction of sp³-hybridized carbons (Fsp3) is 0.474. The van der Waals surface area contributed by atoms with Crippen molar-refractivity contribution in [1.82, 2.24) is 15.0 Å². The average molecular weight is 390 g/mol. The second kappa shape index (κ2) is 7.38. The van der Waals surface area contributed by atoms with Crippen molar-refractivity contribution in [3.63, 3.8) is 0 Å². The lowest BCUT2D eigenvalue weighted by atomic mass is 10.1. The molecule has 0 spiro atoms. The fourth-order valence-corrected chi connectivity index (χ4v) is 4.20. The summed E-state index contributed by atoms with van der Waals surface area (Å²) in [4.78, 5) is 25.6. The van der Waals surface area contributed by atoms with Crippen molar-refractivity contribution in [2.45, 2.75) is 26.2 Å². The summed E-state index contributed by atoms with van der Waals surface area (Å²) >= 11 is 5.79. The van der Waals surface area contributed by atoms with Crippen molar-refractivity contribution in [2.24, 2.45) is 17.8 Å². The van der Waals surface area contributed by atoms with Crippen molar-refractivity contribution in [3.8, 4) is 0 Å². The van der Waals surface area contributed by atoms with Gasteiger partial charge in [0.2, 0.25) is 11.2 Å². The molecule has 3 heterocycles. The molecule has 27 heavy (non-hydrogen) atoms. The highest BCUT2D eigenvalue weighted by Crippen LogP contribution is 2.54. The second-order valence-electron chi connectivity index (χ2n) is 7.18. The van der Waals surface area contributed by atoms with Crippen LogP contribution in [0, 0.1) is 23.6 Å². The molecule has 6 nitrogen and oxygen atoms in total. The monoisotopic (exact) mass is 389 g/mol. The molecular weight excluding hydrogens is 369 g/mol. The highest BCUT2D eigenvalue weighted by molar-refractivity contribution is 6.28. The maximum absolute atomic E-state index is 13.9. The molecule has 0 aromatic carbocycles. The molecule has 2 aromatic heterocycles. The van der Waals surface area contributed by atoms with E-state index in [1.54, 1.807) is 6.20 Å². The molecule has 1 saturated heterocycles. The minimum Gasteiger partial charge on any atom is -0.353 e. The molecule has 2 aromatic rings. The molecule has 2 unspecified atom stereocenters. The molecule has 0 radical (unpaired) electrons. The van der Waals surface area contributed by atoms with Gasteiger partial charge in [-0.15, -0.1) is 0 Å². The van der Waals surface area contributed by atoms with E-state index in [1.165, 1.54) is 0 Å². The van der Waals surface area contributed by atoms with E-state index < -0.39 is 5.82 Å². The average Bonchev–Trinajstić information content (AvgIpc) is 3.11. The maximum Gasteiger partial charge on any atom is 0.224 e. The van der Waals surface area contributed by atoms with E-state index in [1.807, 2.05) is 24.0 Å². The van der Waals surface area contributed by atoms with Gasteiger partial charge in [0, 0.05) is 37.1 Å². The molecular formula is C19H21ClFN5O. The zero-order chi connectivity index (χ0) is 19.0. The number of rotatable bonds is 6. The number of fused-ring (bicyclic) bond motifs is 1. The Morgan fingerprint density at radius 2 is 2.15 bits per heavy atom. The number of hydrogen-bond acceptors (Lipinski definition) is 5. The zero-order valence-electron chi connectivity index (χ0n) is 15.0. The van der Waals surface area contributed by atoms with Gasteiger partial charge in [-0.2, -0.15) is 4.98 Å². The van der Waals surface area contributed by atoms with Crippen LogP contribution in [0.1, 0.15) is 25.5 Å². The van der Waals surface area contributed by atoms with Crippen LogP contribution in [0.15, 0.2) is 24.5 Å². The van der Waals surface area contributed by atoms with E-state index >= 15 is 0 Å². The van der Waals surface area contributed by atoms with Crippen molar-refractivity contribution in [3.05, 3.63) is 41.3 Å². The Morgan fingerprint density at radius 3 is 2.89 bits per heavy atom. The molecule has 142 valence electrons. The van der Waals surface area contributed by atoms with Crippen LogP contribution in [0.25, 0.3) is 0 Å². The van der Waals surface area contributed by atoms with Crippen LogP contribution in [0.5, 0.6) is 0 Å². The number of halogens is 2. The summed E-state index contributed by atoms with van der Waals surface area (Å²) in [5.41, 5.74) is 1.78. The molecule has 1 aliphatic heterocycles. The Morgan fingerprint density at radius 1 is 1.37 bits per heavy atom. The molecule has 2 aliphatic rings. The summed E-state index contributed by atoms with van der Waals surface area (Å²) < 4.78 is 13.9. The molecule has 1 aliphatic carbocycles. The SMILES string of the molecule is CCC(=O)Nc1ccnc(CCC2C3CN(c4nc(Cl)ncc4F)CC23)c1. The Hall–Kier alpha value is -2.28. The summed E-state index contributed by atoms with van der Waals surface area (Å²) in [7, 11) is 0. The lowest BCUT2D eigenvalue weighted by molar-refractivity contribution is -0.115. The van der Waals surface area contributed by atoms with Gasteiger partial charge in [0.1, 0.15) is 0 Å². The number of aryl methyl sites for hydroxylation is 1. The summed E-state index contributed by atoms with van der Waals surface area (Å²) in [6.07, 6.45) is 5.24. The third-order valence-corrected chi connectivity index (χ3v) is 5.70. The molecule has 4 rings (SSSR count). The first kappa shape index (κ1) is 18.1. The van der Waals surface area contributed by atoms with Crippen LogP contribution >= 0.6 is 11.6 Å². The maximum atomic E-state index is 13.9. The smallest absolute Gasteiger partial charge is 0.224 e. The highest BCUT2D eigenvalue weighted by Gasteiger charge is 2.55. The van der Waals surface area contributed by atoms with Gasteiger partial charge in [-0.1, -0.05) is 6.92 Å². The van der Waals surface area contributed by atoms with Gasteiger partial charge >= 0.3 is 0 Å². The first-order chi connectivity index (χ1) is 13.0. The third kappa shape index (κ3) is 3.88. The Balaban J connectivity index is 1.30. The minimum atomic E-state index is -0.424. The quantitative estimate of drug-likeness (QED) is 0.767. The van der Waals surface area contributed by atoms with E-state index in [2.05, 4.69) is 20.3 Å². The zero-order valence-corrected chi connectivity index (χ0v) is 15.8. The minimum absolute atomic E-state index is 0.000948. The van der Waals surface area contributed by atoms with Crippen LogP contribution < -0.4 is 10.2 Å². The van der Waals surface area contributed by atoms with Crippen molar-refractivity contribution in [1.29, 1.82) is 0 Å². The summed E-state index contributed by atoms with van der Waals surface area (Å²) in [6, 6.07) is 3.75. The molecule has 2 fully saturated rings. The first-order valence-electron chi connectivity index (χ1n) is 9.23. The van der Waals surface area contributed by atoms with Crippen LogP contribution in [0.4, 0.5) is 15.9 Å². The van der Waals surface area contributed by atoms with Crippen LogP contribution in [0.3, 0.4) is 0 Å². The number of carbonyl (C=O) groups is 1. The number of anilines is 2. The fourth-order valence-electron chi connectivity index (χ4n) is 4.07. The molecule has 0 bridgehead atoms. The van der Waals surface area contributed by atoms with Crippen LogP contribution in [0.2, 0.25) is 5.28 Å². The number of nitrogens with zero attached hydrogens (tertiary/aromatic N) is 4. The van der Waals surface area contributed by atoms with Crippen molar-refractivity contribution >= 4 is 29.0 Å². The predicted octanol–water partition coefficient (Wildman–Crippen LogP) is 3.33. The van der Waals surface area contributed by atoms with Gasteiger partial charge in [0.15, 0.2) is 11.6 Å². The van der Waals surface area contributed by atoms with Crippen molar-refractivity contribution < 1.29 is 9.18 Å². The van der Waals surface area contributed by atoms with Gasteiger partial charge in [0.05, 0.1) is 6.20 Å². The van der Waals surface area contributed by atoms with Crippen molar-refractivity contribution in [2.75, 3.05) is 23.3 Å². The van der Waals surface area contributed by atoms with Crippen LogP contribution in [-0.4, -0.2) is 33.9 Å². The number of pyridine rings is 1. The lowest BCUT2D eigenvalue weighted by Gasteiger charge is -2.21. The number of carbonyl (C=O) groups excluding carboxylic acids is 1. The number of nitrogens with one attached hydrogen (secondary N) is 1. The predicted molar refractivity (Wildman–Crippen MR) is 101 cm³/mol. The second-order valence-corrected chi connectivity index (χ2v) is 7.52. The molecule has 1 amide bonds. The summed E-state index contributed by atoms with van der Waals surface area (Å²) in [5.74, 6) is 1.66. The summed E-state index contributed by atoms with van der Waals surface area (Å²) in [6.45, 7) is 3.44. The van der Waals surface area contributed by atoms with E-state index in [0.717, 1.165) is 43.5 Å². The number of hydrogen-bond donors (Lipinski definition) is 1. The van der Waals surface area contributed by atoms with Gasteiger partial charge in [-0.05, 0) is 54.3 Å². The molecule has 2 atom stereocenters. The van der Waals surface area contributed by atoms with Gasteiger partial charge in [-0.3, -0.25) is 9.78 Å². The third-order valence-electron chi connectivity index (χ3n) is 5.52. The number of aromatic nitrogens is 3. The summed E-state index contributed by atoms with van der Waals surface area (Å²) in [5, 5.41) is 2.94. The topological polar surface area (TPSA) is 71.0 Å². The Bertz CT molecular complexity index is 852. The highest BCUT2D eigenvalue weighted by atomic mass is 35.5. The molecule has 8 heteroatoms. The number of piperidine rings is 1. The standard InChI is InChI=1S/C19H21ClFN5O/c1-2-17(27)24-12-5-6-22-11(7-12)3-4-13-14-9-26(10-15(13)14)18-16(21)8-23-19(20)25-18/h5-8,13-15H,2-4,9-10H2,1H3,(H,22,24,27). The number of amides is 1. The molecule has 1 saturated carbocycles. The van der Waals surface area contributed by atoms with E-state index in [4.69, 9.17) is 11.6 Å². The van der Waals surface area contributed by atoms with E-state index in [-0.39, 0.29) is 11.2 Å². The molecule has 1 N–H and O–H groups in total. The van der Waals surface area contributed by atoms with E-state index in [9.17, 15) is 9.18 Å². The van der Waals surface area contributed by atoms with Crippen LogP contribution in [-0.2, 0) is 11.2 Å². The van der Waals surface area contributed by atoms with Gasteiger partial charge in [-0.25, -0.2) is 9.37 Å². The Labute approximate surface area is 162 Å². The van der Waals surface area contributed by atoms with E-state index in [0.29, 0.717) is 30.0 Å². The Kier molecular flexibility index (Phi) is 4.95. The van der Waals surface area contributed by atoms with Gasteiger partial charge < -0.3 is 10.2 Å². The lowest BCUT2D eigenvalue weighted by Crippen LogP contribution is -2.26. The largest absolute Gasteiger partial charge is 0.353 e. The normalized spacial score (nSPS) is 23.2.